The summed E-state index contributed by atoms with van der Waals surface area (Å²) in [4.78, 5) is 41.0. The van der Waals surface area contributed by atoms with Crippen LogP contribution in [0.5, 0.6) is 0 Å². The van der Waals surface area contributed by atoms with Gasteiger partial charge in [0.05, 0.1) is 5.92 Å². The summed E-state index contributed by atoms with van der Waals surface area (Å²) in [5.41, 5.74) is 1.89. The van der Waals surface area contributed by atoms with Crippen molar-refractivity contribution in [1.29, 1.82) is 0 Å². The first kappa shape index (κ1) is 20.8. The lowest BCUT2D eigenvalue weighted by molar-refractivity contribution is -0.137. The molecule has 1 aromatic rings. The quantitative estimate of drug-likeness (QED) is 0.750. The van der Waals surface area contributed by atoms with E-state index in [9.17, 15) is 14.4 Å². The SMILES string of the molecule is CCCC(=O)NC1CCCN(C(=O)C2CC(=O)N(c3ccc(Br)c(C)c3)C2)C1. The number of anilines is 1. The maximum Gasteiger partial charge on any atom is 0.228 e. The number of carbonyl (C=O) groups excluding carboxylic acids is 3. The fourth-order valence-electron chi connectivity index (χ4n) is 4.00. The van der Waals surface area contributed by atoms with Gasteiger partial charge in [-0.25, -0.2) is 0 Å². The predicted octanol–water partition coefficient (Wildman–Crippen LogP) is 3.02. The Labute approximate surface area is 174 Å². The van der Waals surface area contributed by atoms with E-state index >= 15 is 0 Å². The van der Waals surface area contributed by atoms with Crippen molar-refractivity contribution in [2.24, 2.45) is 5.92 Å². The minimum atomic E-state index is -0.318. The van der Waals surface area contributed by atoms with Gasteiger partial charge < -0.3 is 15.1 Å². The van der Waals surface area contributed by atoms with Crippen molar-refractivity contribution >= 4 is 39.3 Å². The summed E-state index contributed by atoms with van der Waals surface area (Å²) in [6, 6.07) is 5.82. The summed E-state index contributed by atoms with van der Waals surface area (Å²) in [5, 5.41) is 3.04. The van der Waals surface area contributed by atoms with Gasteiger partial charge in [-0.15, -0.1) is 0 Å². The Bertz CT molecular complexity index is 767. The summed E-state index contributed by atoms with van der Waals surface area (Å²) >= 11 is 3.48. The minimum Gasteiger partial charge on any atom is -0.352 e. The van der Waals surface area contributed by atoms with E-state index in [0.29, 0.717) is 26.1 Å². The molecule has 0 bridgehead atoms. The highest BCUT2D eigenvalue weighted by molar-refractivity contribution is 9.10. The standard InChI is InChI=1S/C21H28BrN3O3/c1-3-5-19(26)23-16-6-4-9-24(13-16)21(28)15-11-20(27)25(12-15)17-7-8-18(22)14(2)10-17/h7-8,10,15-16H,3-6,9,11-13H2,1-2H3,(H,23,26). The smallest absolute Gasteiger partial charge is 0.228 e. The highest BCUT2D eigenvalue weighted by Gasteiger charge is 2.38. The number of carbonyl (C=O) groups is 3. The average molecular weight is 450 g/mol. The molecule has 2 aliphatic rings. The van der Waals surface area contributed by atoms with Gasteiger partial charge in [-0.05, 0) is 49.9 Å². The third-order valence-electron chi connectivity index (χ3n) is 5.50. The zero-order chi connectivity index (χ0) is 20.3. The number of rotatable bonds is 5. The average Bonchev–Trinajstić information content (AvgIpc) is 3.05. The molecule has 6 nitrogen and oxygen atoms in total. The Morgan fingerprint density at radius 3 is 2.79 bits per heavy atom. The van der Waals surface area contributed by atoms with E-state index in [0.717, 1.165) is 35.0 Å². The summed E-state index contributed by atoms with van der Waals surface area (Å²) in [6.07, 6.45) is 3.35. The van der Waals surface area contributed by atoms with Crippen LogP contribution in [-0.2, 0) is 14.4 Å². The molecule has 3 rings (SSSR count). The van der Waals surface area contributed by atoms with Crippen molar-refractivity contribution in [1.82, 2.24) is 10.2 Å². The van der Waals surface area contributed by atoms with Gasteiger partial charge in [0.2, 0.25) is 17.7 Å². The number of benzene rings is 1. The monoisotopic (exact) mass is 449 g/mol. The van der Waals surface area contributed by atoms with Gasteiger partial charge in [-0.1, -0.05) is 22.9 Å². The number of amides is 3. The molecule has 2 atom stereocenters. The number of aryl methyl sites for hydroxylation is 1. The van der Waals surface area contributed by atoms with E-state index in [2.05, 4.69) is 21.2 Å². The van der Waals surface area contributed by atoms with Crippen LogP contribution in [0, 0.1) is 12.8 Å². The highest BCUT2D eigenvalue weighted by Crippen LogP contribution is 2.29. The normalized spacial score (nSPS) is 22.5. The lowest BCUT2D eigenvalue weighted by Gasteiger charge is -2.34. The van der Waals surface area contributed by atoms with Crippen LogP contribution < -0.4 is 10.2 Å². The van der Waals surface area contributed by atoms with Crippen molar-refractivity contribution < 1.29 is 14.4 Å². The van der Waals surface area contributed by atoms with Crippen molar-refractivity contribution in [2.75, 3.05) is 24.5 Å². The van der Waals surface area contributed by atoms with Crippen LogP contribution in [0.15, 0.2) is 22.7 Å². The summed E-state index contributed by atoms with van der Waals surface area (Å²) in [6.45, 7) is 5.61. The molecule has 0 spiro atoms. The molecular weight excluding hydrogens is 422 g/mol. The van der Waals surface area contributed by atoms with E-state index in [4.69, 9.17) is 0 Å². The molecule has 3 amide bonds. The van der Waals surface area contributed by atoms with E-state index in [1.807, 2.05) is 36.9 Å². The van der Waals surface area contributed by atoms with E-state index in [1.54, 1.807) is 4.90 Å². The Morgan fingerprint density at radius 2 is 2.07 bits per heavy atom. The van der Waals surface area contributed by atoms with Gasteiger partial charge in [0.15, 0.2) is 0 Å². The Balaban J connectivity index is 1.62. The van der Waals surface area contributed by atoms with Crippen LogP contribution in [0.1, 0.15) is 44.6 Å². The third kappa shape index (κ3) is 4.74. The molecule has 2 fully saturated rings. The van der Waals surface area contributed by atoms with Crippen LogP contribution in [-0.4, -0.2) is 48.3 Å². The van der Waals surface area contributed by atoms with E-state index in [1.165, 1.54) is 0 Å². The first-order valence-electron chi connectivity index (χ1n) is 10.0. The van der Waals surface area contributed by atoms with Gasteiger partial charge >= 0.3 is 0 Å². The first-order chi connectivity index (χ1) is 13.4. The zero-order valence-corrected chi connectivity index (χ0v) is 18.1. The largest absolute Gasteiger partial charge is 0.352 e. The lowest BCUT2D eigenvalue weighted by Crippen LogP contribution is -2.51. The molecule has 2 unspecified atom stereocenters. The molecule has 2 saturated heterocycles. The Kier molecular flexibility index (Phi) is 6.75. The minimum absolute atomic E-state index is 0.00937. The maximum absolute atomic E-state index is 13.0. The molecule has 2 heterocycles. The number of piperidine rings is 1. The Hall–Kier alpha value is -1.89. The molecule has 1 aromatic carbocycles. The van der Waals surface area contributed by atoms with E-state index < -0.39 is 0 Å². The van der Waals surface area contributed by atoms with Crippen LogP contribution in [0.2, 0.25) is 0 Å². The van der Waals surface area contributed by atoms with Gasteiger partial charge in [-0.2, -0.15) is 0 Å². The number of nitrogens with one attached hydrogen (secondary N) is 1. The van der Waals surface area contributed by atoms with Crippen LogP contribution >= 0.6 is 15.9 Å². The van der Waals surface area contributed by atoms with Crippen molar-refractivity contribution in [3.8, 4) is 0 Å². The molecule has 152 valence electrons. The van der Waals surface area contributed by atoms with Crippen molar-refractivity contribution in [3.63, 3.8) is 0 Å². The van der Waals surface area contributed by atoms with Crippen LogP contribution in [0.3, 0.4) is 0 Å². The molecule has 28 heavy (non-hydrogen) atoms. The molecule has 0 aromatic heterocycles. The second-order valence-corrected chi connectivity index (χ2v) is 8.63. The first-order valence-corrected chi connectivity index (χ1v) is 10.8. The second kappa shape index (κ2) is 9.07. The number of likely N-dealkylation sites (tertiary alicyclic amines) is 1. The fraction of sp³-hybridized carbons (Fsp3) is 0.571. The molecule has 0 radical (unpaired) electrons. The summed E-state index contributed by atoms with van der Waals surface area (Å²) < 4.78 is 1.00. The van der Waals surface area contributed by atoms with Gasteiger partial charge in [0.1, 0.15) is 0 Å². The number of nitrogens with zero attached hydrogens (tertiary/aromatic N) is 2. The molecule has 0 saturated carbocycles. The number of hydrogen-bond acceptors (Lipinski definition) is 3. The number of hydrogen-bond donors (Lipinski definition) is 1. The molecule has 0 aliphatic carbocycles. The van der Waals surface area contributed by atoms with Crippen molar-refractivity contribution in [3.05, 3.63) is 28.2 Å². The molecular formula is C21H28BrN3O3. The van der Waals surface area contributed by atoms with Gasteiger partial charge in [0.25, 0.3) is 0 Å². The van der Waals surface area contributed by atoms with Gasteiger partial charge in [-0.3, -0.25) is 14.4 Å². The molecule has 7 heteroatoms. The van der Waals surface area contributed by atoms with Crippen molar-refractivity contribution in [2.45, 2.75) is 52.0 Å². The highest BCUT2D eigenvalue weighted by atomic mass is 79.9. The van der Waals surface area contributed by atoms with Gasteiger partial charge in [0, 0.05) is 48.7 Å². The molecule has 1 N–H and O–H groups in total. The third-order valence-corrected chi connectivity index (χ3v) is 6.39. The van der Waals surface area contributed by atoms with Crippen LogP contribution in [0.4, 0.5) is 5.69 Å². The topological polar surface area (TPSA) is 69.7 Å². The summed E-state index contributed by atoms with van der Waals surface area (Å²) in [7, 11) is 0. The fourth-order valence-corrected chi connectivity index (χ4v) is 4.25. The number of halogens is 1. The lowest BCUT2D eigenvalue weighted by atomic mass is 10.0. The second-order valence-electron chi connectivity index (χ2n) is 7.78. The Morgan fingerprint density at radius 1 is 1.29 bits per heavy atom. The molecule has 2 aliphatic heterocycles. The maximum atomic E-state index is 13.0. The van der Waals surface area contributed by atoms with Crippen LogP contribution in [0.25, 0.3) is 0 Å². The van der Waals surface area contributed by atoms with E-state index in [-0.39, 0.29) is 36.1 Å². The zero-order valence-electron chi connectivity index (χ0n) is 16.5. The predicted molar refractivity (Wildman–Crippen MR) is 112 cm³/mol. The summed E-state index contributed by atoms with van der Waals surface area (Å²) in [5.74, 6) is -0.250.